The van der Waals surface area contributed by atoms with Crippen LogP contribution in [-0.2, 0) is 0 Å². The molecule has 1 radical (unpaired) electrons. The van der Waals surface area contributed by atoms with E-state index in [9.17, 15) is 4.79 Å². The molecule has 0 aromatic carbocycles. The van der Waals surface area contributed by atoms with Crippen molar-refractivity contribution >= 4 is 11.8 Å². The van der Waals surface area contributed by atoms with E-state index in [1.165, 1.54) is 0 Å². The Morgan fingerprint density at radius 1 is 1.80 bits per heavy atom. The van der Waals surface area contributed by atoms with Gasteiger partial charge in [-0.05, 0) is 0 Å². The van der Waals surface area contributed by atoms with Gasteiger partial charge in [0.05, 0.1) is 6.20 Å². The first-order valence-corrected chi connectivity index (χ1v) is 2.43. The minimum atomic E-state index is -1.18. The zero-order valence-corrected chi connectivity index (χ0v) is 4.90. The van der Waals surface area contributed by atoms with Gasteiger partial charge < -0.3 is 10.8 Å². The van der Waals surface area contributed by atoms with Gasteiger partial charge in [0.15, 0.2) is 11.5 Å². The van der Waals surface area contributed by atoms with Crippen LogP contribution in [0.4, 0.5) is 5.82 Å². The number of carboxylic acid groups (broad SMARTS) is 1. The van der Waals surface area contributed by atoms with Gasteiger partial charge in [-0.1, -0.05) is 0 Å². The molecule has 10 heavy (non-hydrogen) atoms. The van der Waals surface area contributed by atoms with Crippen LogP contribution in [0, 0.1) is 6.20 Å². The predicted molar refractivity (Wildman–Crippen MR) is 32.2 cm³/mol. The van der Waals surface area contributed by atoms with Crippen LogP contribution in [0.15, 0.2) is 6.20 Å². The van der Waals surface area contributed by atoms with Crippen molar-refractivity contribution in [2.45, 2.75) is 0 Å². The van der Waals surface area contributed by atoms with Crippen molar-refractivity contribution in [1.82, 2.24) is 9.97 Å². The highest BCUT2D eigenvalue weighted by Crippen LogP contribution is 2.00. The van der Waals surface area contributed by atoms with Crippen LogP contribution in [0.3, 0.4) is 0 Å². The van der Waals surface area contributed by atoms with Crippen molar-refractivity contribution in [2.24, 2.45) is 0 Å². The molecule has 0 unspecified atom stereocenters. The molecule has 0 aliphatic rings. The molecule has 51 valence electrons. The average molecular weight is 138 g/mol. The summed E-state index contributed by atoms with van der Waals surface area (Å²) in [6.07, 6.45) is 3.46. The lowest BCUT2D eigenvalue weighted by Gasteiger charge is -1.93. The van der Waals surface area contributed by atoms with E-state index < -0.39 is 5.97 Å². The minimum Gasteiger partial charge on any atom is -0.476 e. The summed E-state index contributed by atoms with van der Waals surface area (Å²) < 4.78 is 0. The van der Waals surface area contributed by atoms with Gasteiger partial charge in [0.1, 0.15) is 6.20 Å². The second-order valence-electron chi connectivity index (χ2n) is 1.54. The van der Waals surface area contributed by atoms with Crippen molar-refractivity contribution in [3.05, 3.63) is 18.1 Å². The van der Waals surface area contributed by atoms with Gasteiger partial charge in [0, 0.05) is 0 Å². The Hall–Kier alpha value is -1.65. The largest absolute Gasteiger partial charge is 0.476 e. The van der Waals surface area contributed by atoms with Crippen LogP contribution in [0.5, 0.6) is 0 Å². The maximum absolute atomic E-state index is 10.2. The van der Waals surface area contributed by atoms with E-state index in [1.807, 2.05) is 0 Å². The lowest BCUT2D eigenvalue weighted by atomic mass is 10.4. The first-order chi connectivity index (χ1) is 4.72. The van der Waals surface area contributed by atoms with E-state index >= 15 is 0 Å². The number of nitrogens with two attached hydrogens (primary N) is 1. The highest BCUT2D eigenvalue weighted by molar-refractivity contribution is 5.89. The third-order valence-electron chi connectivity index (χ3n) is 0.882. The molecular weight excluding hydrogens is 134 g/mol. The smallest absolute Gasteiger partial charge is 0.358 e. The summed E-state index contributed by atoms with van der Waals surface area (Å²) in [7, 11) is 0. The number of hydrogen-bond acceptors (Lipinski definition) is 4. The van der Waals surface area contributed by atoms with Gasteiger partial charge in [-0.2, -0.15) is 0 Å². The number of aromatic carboxylic acids is 1. The molecule has 1 aromatic heterocycles. The standard InChI is InChI=1S/C5H4N3O2/c6-4-3(5(9)10)7-1-2-8-4/h1H,(H2,6,8)(H,9,10). The second-order valence-corrected chi connectivity index (χ2v) is 1.54. The Balaban J connectivity index is 3.15. The maximum atomic E-state index is 10.2. The Morgan fingerprint density at radius 3 is 2.90 bits per heavy atom. The molecule has 0 saturated carbocycles. The first kappa shape index (κ1) is 6.47. The highest BCUT2D eigenvalue weighted by Gasteiger charge is 2.08. The fraction of sp³-hybridized carbons (Fsp3) is 0. The topological polar surface area (TPSA) is 89.1 Å². The van der Waals surface area contributed by atoms with Gasteiger partial charge in [-0.25, -0.2) is 14.8 Å². The number of nitrogen functional groups attached to an aromatic ring is 1. The fourth-order valence-corrected chi connectivity index (χ4v) is 0.476. The molecule has 1 aromatic rings. The molecule has 0 amide bonds. The minimum absolute atomic E-state index is 0.116. The summed E-state index contributed by atoms with van der Waals surface area (Å²) in [4.78, 5) is 17.1. The van der Waals surface area contributed by atoms with Crippen LogP contribution in [0.25, 0.3) is 0 Å². The van der Waals surface area contributed by atoms with Crippen LogP contribution >= 0.6 is 0 Å². The van der Waals surface area contributed by atoms with Crippen LogP contribution in [0.1, 0.15) is 10.5 Å². The van der Waals surface area contributed by atoms with Crippen molar-refractivity contribution in [3.8, 4) is 0 Å². The van der Waals surface area contributed by atoms with Crippen LogP contribution < -0.4 is 5.73 Å². The summed E-state index contributed by atoms with van der Waals surface area (Å²) in [5.41, 5.74) is 4.90. The number of anilines is 1. The molecular formula is C5H4N3O2. The second kappa shape index (κ2) is 2.30. The third kappa shape index (κ3) is 1.02. The summed E-state index contributed by atoms with van der Waals surface area (Å²) in [5, 5.41) is 8.37. The van der Waals surface area contributed by atoms with E-state index in [2.05, 4.69) is 16.2 Å². The Bertz CT molecular complexity index is 261. The van der Waals surface area contributed by atoms with E-state index in [1.54, 1.807) is 0 Å². The van der Waals surface area contributed by atoms with E-state index in [-0.39, 0.29) is 11.5 Å². The monoisotopic (exact) mass is 138 g/mol. The number of aromatic nitrogens is 2. The fourth-order valence-electron chi connectivity index (χ4n) is 0.476. The number of nitrogens with zero attached hydrogens (tertiary/aromatic N) is 2. The maximum Gasteiger partial charge on any atom is 0.358 e. The lowest BCUT2D eigenvalue weighted by molar-refractivity contribution is 0.0691. The van der Waals surface area contributed by atoms with Gasteiger partial charge in [-0.15, -0.1) is 0 Å². The van der Waals surface area contributed by atoms with Crippen molar-refractivity contribution < 1.29 is 9.90 Å². The van der Waals surface area contributed by atoms with Gasteiger partial charge in [0.25, 0.3) is 0 Å². The lowest BCUT2D eigenvalue weighted by Crippen LogP contribution is -2.06. The molecule has 1 heterocycles. The SMILES string of the molecule is Nc1n[c]cnc1C(=O)O. The van der Waals surface area contributed by atoms with Crippen LogP contribution in [0.2, 0.25) is 0 Å². The molecule has 0 spiro atoms. The zero-order valence-electron chi connectivity index (χ0n) is 4.90. The quantitative estimate of drug-likeness (QED) is 0.549. The summed E-state index contributed by atoms with van der Waals surface area (Å²) >= 11 is 0. The molecule has 0 fully saturated rings. The summed E-state index contributed by atoms with van der Waals surface area (Å²) in [6, 6.07) is 0. The first-order valence-electron chi connectivity index (χ1n) is 2.43. The molecule has 0 saturated heterocycles. The summed E-state index contributed by atoms with van der Waals surface area (Å²) in [6.45, 7) is 0. The van der Waals surface area contributed by atoms with Crippen molar-refractivity contribution in [1.29, 1.82) is 0 Å². The Kier molecular flexibility index (Phi) is 1.49. The highest BCUT2D eigenvalue weighted by atomic mass is 16.4. The van der Waals surface area contributed by atoms with E-state index in [0.717, 1.165) is 6.20 Å². The molecule has 5 heteroatoms. The predicted octanol–water partition coefficient (Wildman–Crippen LogP) is -0.443. The molecule has 0 aliphatic heterocycles. The normalized spacial score (nSPS) is 9.20. The number of hydrogen-bond donors (Lipinski definition) is 2. The number of carboxylic acids is 1. The molecule has 0 atom stereocenters. The number of carbonyl (C=O) groups is 1. The zero-order chi connectivity index (χ0) is 7.56. The Labute approximate surface area is 56.5 Å². The van der Waals surface area contributed by atoms with Gasteiger partial charge in [-0.3, -0.25) is 0 Å². The number of rotatable bonds is 1. The average Bonchev–Trinajstić information content (AvgIpc) is 1.88. The third-order valence-corrected chi connectivity index (χ3v) is 0.882. The van der Waals surface area contributed by atoms with Gasteiger partial charge >= 0.3 is 5.97 Å². The van der Waals surface area contributed by atoms with Crippen LogP contribution in [-0.4, -0.2) is 21.0 Å². The molecule has 0 aliphatic carbocycles. The molecule has 3 N–H and O–H groups in total. The Morgan fingerprint density at radius 2 is 2.50 bits per heavy atom. The summed E-state index contributed by atoms with van der Waals surface area (Å²) in [5.74, 6) is -1.30. The van der Waals surface area contributed by atoms with E-state index in [0.29, 0.717) is 0 Å². The van der Waals surface area contributed by atoms with Crippen molar-refractivity contribution in [2.75, 3.05) is 5.73 Å². The molecule has 1 rings (SSSR count). The molecule has 5 nitrogen and oxygen atoms in total. The molecule has 0 bridgehead atoms. The van der Waals surface area contributed by atoms with Gasteiger partial charge in [0.2, 0.25) is 0 Å². The van der Waals surface area contributed by atoms with Crippen molar-refractivity contribution in [3.63, 3.8) is 0 Å². The van der Waals surface area contributed by atoms with E-state index in [4.69, 9.17) is 10.8 Å².